The third-order valence-electron chi connectivity index (χ3n) is 4.82. The van der Waals surface area contributed by atoms with Crippen LogP contribution in [0.1, 0.15) is 33.1 Å². The van der Waals surface area contributed by atoms with Crippen molar-refractivity contribution in [1.29, 1.82) is 0 Å². The van der Waals surface area contributed by atoms with Crippen molar-refractivity contribution in [2.24, 2.45) is 4.99 Å². The van der Waals surface area contributed by atoms with Crippen LogP contribution in [-0.2, 0) is 9.47 Å². The van der Waals surface area contributed by atoms with E-state index < -0.39 is 0 Å². The molecule has 0 spiro atoms. The molecule has 172 valence electrons. The number of benzene rings is 1. The van der Waals surface area contributed by atoms with Crippen LogP contribution in [0.3, 0.4) is 0 Å². The standard InChI is InChI=1S/C22H37N3O4.HI/c1-5-23-22(25-13-11-19(12-14-25)28-16-8-15-26-3)24-17-18(2)29-21-10-7-6-9-20(21)27-4;/h6-7,9-10,18-19H,5,8,11-17H2,1-4H3,(H,23,24);1H. The number of hydrogen-bond donors (Lipinski definition) is 1. The van der Waals surface area contributed by atoms with Gasteiger partial charge in [0.2, 0.25) is 0 Å². The van der Waals surface area contributed by atoms with E-state index in [9.17, 15) is 0 Å². The van der Waals surface area contributed by atoms with Crippen molar-refractivity contribution in [3.05, 3.63) is 24.3 Å². The lowest BCUT2D eigenvalue weighted by molar-refractivity contribution is 0.00988. The van der Waals surface area contributed by atoms with Gasteiger partial charge < -0.3 is 29.2 Å². The van der Waals surface area contributed by atoms with Crippen LogP contribution in [0.25, 0.3) is 0 Å². The van der Waals surface area contributed by atoms with Crippen LogP contribution in [0.5, 0.6) is 11.5 Å². The molecule has 0 amide bonds. The molecule has 2 rings (SSSR count). The van der Waals surface area contributed by atoms with E-state index in [4.69, 9.17) is 23.9 Å². The number of nitrogens with one attached hydrogen (secondary N) is 1. The van der Waals surface area contributed by atoms with Crippen LogP contribution >= 0.6 is 24.0 Å². The fraction of sp³-hybridized carbons (Fsp3) is 0.682. The van der Waals surface area contributed by atoms with Crippen LogP contribution < -0.4 is 14.8 Å². The van der Waals surface area contributed by atoms with E-state index in [2.05, 4.69) is 17.1 Å². The van der Waals surface area contributed by atoms with Gasteiger partial charge in [0.25, 0.3) is 0 Å². The number of nitrogens with zero attached hydrogens (tertiary/aromatic N) is 2. The quantitative estimate of drug-likeness (QED) is 0.202. The highest BCUT2D eigenvalue weighted by Crippen LogP contribution is 2.26. The lowest BCUT2D eigenvalue weighted by Gasteiger charge is -2.34. The molecule has 1 aromatic rings. The van der Waals surface area contributed by atoms with Gasteiger partial charge in [-0.1, -0.05) is 12.1 Å². The molecule has 1 heterocycles. The molecule has 30 heavy (non-hydrogen) atoms. The first-order valence-electron chi connectivity index (χ1n) is 10.6. The maximum atomic E-state index is 6.02. The molecule has 0 radical (unpaired) electrons. The Morgan fingerprint density at radius 2 is 1.87 bits per heavy atom. The number of halogens is 1. The van der Waals surface area contributed by atoms with Gasteiger partial charge in [-0.2, -0.15) is 0 Å². The summed E-state index contributed by atoms with van der Waals surface area (Å²) in [6, 6.07) is 7.70. The first-order chi connectivity index (χ1) is 14.2. The summed E-state index contributed by atoms with van der Waals surface area (Å²) < 4.78 is 22.4. The number of piperidine rings is 1. The summed E-state index contributed by atoms with van der Waals surface area (Å²) in [7, 11) is 3.38. The topological polar surface area (TPSA) is 64.6 Å². The second-order valence-corrected chi connectivity index (χ2v) is 7.18. The molecule has 1 N–H and O–H groups in total. The lowest BCUT2D eigenvalue weighted by Crippen LogP contribution is -2.47. The molecule has 1 unspecified atom stereocenters. The molecule has 0 aromatic heterocycles. The molecular weight excluding hydrogens is 497 g/mol. The fourth-order valence-electron chi connectivity index (χ4n) is 3.30. The Morgan fingerprint density at radius 3 is 2.50 bits per heavy atom. The van der Waals surface area contributed by atoms with Crippen molar-refractivity contribution >= 4 is 29.9 Å². The molecule has 0 aliphatic carbocycles. The van der Waals surface area contributed by atoms with Crippen LogP contribution in [0, 0.1) is 0 Å². The van der Waals surface area contributed by atoms with Gasteiger partial charge in [-0.05, 0) is 45.2 Å². The monoisotopic (exact) mass is 535 g/mol. The zero-order valence-corrected chi connectivity index (χ0v) is 21.1. The number of rotatable bonds is 11. The predicted octanol–water partition coefficient (Wildman–Crippen LogP) is 3.56. The van der Waals surface area contributed by atoms with Gasteiger partial charge in [-0.3, -0.25) is 0 Å². The molecule has 8 heteroatoms. The Morgan fingerprint density at radius 1 is 1.17 bits per heavy atom. The van der Waals surface area contributed by atoms with Crippen LogP contribution in [0.2, 0.25) is 0 Å². The molecule has 0 saturated carbocycles. The van der Waals surface area contributed by atoms with E-state index in [0.717, 1.165) is 69.6 Å². The lowest BCUT2D eigenvalue weighted by atomic mass is 10.1. The van der Waals surface area contributed by atoms with E-state index in [-0.39, 0.29) is 30.1 Å². The third-order valence-corrected chi connectivity index (χ3v) is 4.82. The van der Waals surface area contributed by atoms with Gasteiger partial charge >= 0.3 is 0 Å². The Labute approximate surface area is 198 Å². The summed E-state index contributed by atoms with van der Waals surface area (Å²) in [5, 5.41) is 3.41. The van der Waals surface area contributed by atoms with Crippen molar-refractivity contribution in [1.82, 2.24) is 10.2 Å². The van der Waals surface area contributed by atoms with Crippen molar-refractivity contribution < 1.29 is 18.9 Å². The molecule has 1 fully saturated rings. The number of hydrogen-bond acceptors (Lipinski definition) is 5. The summed E-state index contributed by atoms with van der Waals surface area (Å²) in [6.45, 7) is 8.96. The molecule has 1 saturated heterocycles. The maximum Gasteiger partial charge on any atom is 0.194 e. The van der Waals surface area contributed by atoms with E-state index in [1.54, 1.807) is 14.2 Å². The molecular formula is C22H38IN3O4. The second-order valence-electron chi connectivity index (χ2n) is 7.18. The summed E-state index contributed by atoms with van der Waals surface area (Å²) in [6.07, 6.45) is 3.26. The van der Waals surface area contributed by atoms with E-state index in [1.807, 2.05) is 31.2 Å². The molecule has 1 aliphatic rings. The Hall–Kier alpha value is -1.26. The summed E-state index contributed by atoms with van der Waals surface area (Å²) >= 11 is 0. The summed E-state index contributed by atoms with van der Waals surface area (Å²) in [5.74, 6) is 2.43. The SMILES string of the molecule is CCNC(=NCC(C)Oc1ccccc1OC)N1CCC(OCCCOC)CC1.I. The molecule has 1 aromatic carbocycles. The largest absolute Gasteiger partial charge is 0.493 e. The second kappa shape index (κ2) is 15.5. The number of para-hydroxylation sites is 2. The number of likely N-dealkylation sites (tertiary alicyclic amines) is 1. The van der Waals surface area contributed by atoms with Crippen molar-refractivity contribution in [2.45, 2.75) is 45.3 Å². The van der Waals surface area contributed by atoms with Crippen molar-refractivity contribution in [3.8, 4) is 11.5 Å². The van der Waals surface area contributed by atoms with Crippen LogP contribution in [0.15, 0.2) is 29.3 Å². The van der Waals surface area contributed by atoms with E-state index in [0.29, 0.717) is 12.6 Å². The van der Waals surface area contributed by atoms with Gasteiger partial charge in [0.1, 0.15) is 6.10 Å². The van der Waals surface area contributed by atoms with Crippen LogP contribution in [0.4, 0.5) is 0 Å². The number of ether oxygens (including phenoxy) is 4. The minimum atomic E-state index is -0.0541. The van der Waals surface area contributed by atoms with Crippen LogP contribution in [-0.4, -0.2) is 76.7 Å². The number of methoxy groups -OCH3 is 2. The maximum absolute atomic E-state index is 6.02. The predicted molar refractivity (Wildman–Crippen MR) is 132 cm³/mol. The first-order valence-corrected chi connectivity index (χ1v) is 10.6. The average molecular weight is 535 g/mol. The normalized spacial score (nSPS) is 16.0. The van der Waals surface area contributed by atoms with Gasteiger partial charge in [-0.25, -0.2) is 4.99 Å². The zero-order valence-electron chi connectivity index (χ0n) is 18.8. The highest BCUT2D eigenvalue weighted by atomic mass is 127. The van der Waals surface area contributed by atoms with Crippen molar-refractivity contribution in [3.63, 3.8) is 0 Å². The highest BCUT2D eigenvalue weighted by Gasteiger charge is 2.22. The Balaban J connectivity index is 0.00000450. The van der Waals surface area contributed by atoms with E-state index >= 15 is 0 Å². The first kappa shape index (κ1) is 26.8. The van der Waals surface area contributed by atoms with Gasteiger partial charge in [-0.15, -0.1) is 24.0 Å². The van der Waals surface area contributed by atoms with Gasteiger partial charge in [0.15, 0.2) is 17.5 Å². The summed E-state index contributed by atoms with van der Waals surface area (Å²) in [4.78, 5) is 7.12. The Kier molecular flexibility index (Phi) is 13.9. The van der Waals surface area contributed by atoms with Gasteiger partial charge in [0, 0.05) is 40.0 Å². The Bertz CT molecular complexity index is 610. The fourth-order valence-corrected chi connectivity index (χ4v) is 3.30. The van der Waals surface area contributed by atoms with Crippen molar-refractivity contribution in [2.75, 3.05) is 53.6 Å². The van der Waals surface area contributed by atoms with E-state index in [1.165, 1.54) is 0 Å². The third kappa shape index (κ3) is 9.26. The highest BCUT2D eigenvalue weighted by molar-refractivity contribution is 14.0. The number of guanidine groups is 1. The number of aliphatic imine (C=N–C) groups is 1. The minimum absolute atomic E-state index is 0. The summed E-state index contributed by atoms with van der Waals surface area (Å²) in [5.41, 5.74) is 0. The molecule has 7 nitrogen and oxygen atoms in total. The average Bonchev–Trinajstić information content (AvgIpc) is 2.75. The molecule has 0 bridgehead atoms. The molecule has 1 atom stereocenters. The van der Waals surface area contributed by atoms with Gasteiger partial charge in [0.05, 0.1) is 19.8 Å². The molecule has 1 aliphatic heterocycles. The zero-order chi connectivity index (χ0) is 20.9. The minimum Gasteiger partial charge on any atom is -0.493 e. The smallest absolute Gasteiger partial charge is 0.194 e.